The first-order chi connectivity index (χ1) is 12.9. The van der Waals surface area contributed by atoms with Gasteiger partial charge in [-0.1, -0.05) is 23.8 Å². The molecular weight excluding hydrogens is 340 g/mol. The number of nitrogens with one attached hydrogen (secondary N) is 1. The van der Waals surface area contributed by atoms with Gasteiger partial charge in [-0.05, 0) is 61.4 Å². The first-order valence-electron chi connectivity index (χ1n) is 8.70. The van der Waals surface area contributed by atoms with E-state index >= 15 is 0 Å². The maximum absolute atomic E-state index is 12.7. The summed E-state index contributed by atoms with van der Waals surface area (Å²) in [5.41, 5.74) is 4.67. The Morgan fingerprint density at radius 2 is 1.78 bits per heavy atom. The molecule has 0 bridgehead atoms. The van der Waals surface area contributed by atoms with Crippen molar-refractivity contribution in [2.24, 2.45) is 0 Å². The smallest absolute Gasteiger partial charge is 0.291 e. The lowest BCUT2D eigenvalue weighted by molar-refractivity contribution is 0.0785. The molecule has 0 aliphatic heterocycles. The Bertz CT molecular complexity index is 944. The zero-order chi connectivity index (χ0) is 19.4. The van der Waals surface area contributed by atoms with Crippen LogP contribution in [0.3, 0.4) is 0 Å². The standard InChI is InChI=1S/C22H22N2O3/c1-15-6-7-18(16(2)13-15)14-24(3)22(26)17-8-10-19(11-9-17)23-21(25)20-5-4-12-27-20/h4-13H,14H2,1-3H3,(H,23,25). The number of hydrogen-bond donors (Lipinski definition) is 1. The zero-order valence-electron chi connectivity index (χ0n) is 15.7. The Morgan fingerprint density at radius 3 is 2.41 bits per heavy atom. The highest BCUT2D eigenvalue weighted by molar-refractivity contribution is 6.02. The molecule has 0 spiro atoms. The molecule has 1 heterocycles. The number of amides is 2. The summed E-state index contributed by atoms with van der Waals surface area (Å²) in [6.45, 7) is 4.65. The van der Waals surface area contributed by atoms with Crippen molar-refractivity contribution in [2.75, 3.05) is 12.4 Å². The summed E-state index contributed by atoms with van der Waals surface area (Å²) in [5, 5.41) is 2.73. The highest BCUT2D eigenvalue weighted by atomic mass is 16.3. The van der Waals surface area contributed by atoms with Gasteiger partial charge in [0.25, 0.3) is 11.8 Å². The van der Waals surface area contributed by atoms with Crippen LogP contribution >= 0.6 is 0 Å². The van der Waals surface area contributed by atoms with E-state index in [1.165, 1.54) is 17.4 Å². The molecule has 0 aliphatic rings. The van der Waals surface area contributed by atoms with Gasteiger partial charge in [-0.25, -0.2) is 0 Å². The molecule has 138 valence electrons. The van der Waals surface area contributed by atoms with E-state index in [4.69, 9.17) is 4.42 Å². The lowest BCUT2D eigenvalue weighted by Gasteiger charge is -2.19. The van der Waals surface area contributed by atoms with E-state index in [0.717, 1.165) is 5.56 Å². The molecule has 0 aliphatic carbocycles. The second-order valence-electron chi connectivity index (χ2n) is 6.60. The fourth-order valence-electron chi connectivity index (χ4n) is 2.87. The van der Waals surface area contributed by atoms with Crippen LogP contribution in [0.4, 0.5) is 5.69 Å². The van der Waals surface area contributed by atoms with E-state index in [9.17, 15) is 9.59 Å². The van der Waals surface area contributed by atoms with Gasteiger partial charge in [0.05, 0.1) is 6.26 Å². The third-order valence-electron chi connectivity index (χ3n) is 4.39. The maximum atomic E-state index is 12.7. The van der Waals surface area contributed by atoms with Crippen LogP contribution in [0.2, 0.25) is 0 Å². The van der Waals surface area contributed by atoms with Crippen molar-refractivity contribution in [1.29, 1.82) is 0 Å². The monoisotopic (exact) mass is 362 g/mol. The molecule has 3 aromatic rings. The van der Waals surface area contributed by atoms with Crippen molar-refractivity contribution < 1.29 is 14.0 Å². The molecule has 5 heteroatoms. The van der Waals surface area contributed by atoms with Crippen LogP contribution in [-0.2, 0) is 6.54 Å². The maximum Gasteiger partial charge on any atom is 0.291 e. The van der Waals surface area contributed by atoms with E-state index in [-0.39, 0.29) is 17.6 Å². The number of carbonyl (C=O) groups excluding carboxylic acids is 2. The number of benzene rings is 2. The summed E-state index contributed by atoms with van der Waals surface area (Å²) in [6, 6.07) is 16.3. The highest BCUT2D eigenvalue weighted by Gasteiger charge is 2.14. The summed E-state index contributed by atoms with van der Waals surface area (Å²) in [4.78, 5) is 26.3. The average molecular weight is 362 g/mol. The number of hydrogen-bond acceptors (Lipinski definition) is 3. The molecule has 3 rings (SSSR count). The number of furan rings is 1. The Kier molecular flexibility index (Phi) is 5.41. The number of aryl methyl sites for hydroxylation is 2. The third kappa shape index (κ3) is 4.44. The predicted octanol–water partition coefficient (Wildman–Crippen LogP) is 4.42. The Labute approximate surface area is 158 Å². The molecule has 1 N–H and O–H groups in total. The van der Waals surface area contributed by atoms with Gasteiger partial charge in [-0.15, -0.1) is 0 Å². The summed E-state index contributed by atoms with van der Waals surface area (Å²) in [7, 11) is 1.79. The molecule has 1 aromatic heterocycles. The molecular formula is C22H22N2O3. The zero-order valence-corrected chi connectivity index (χ0v) is 15.7. The Hall–Kier alpha value is -3.34. The highest BCUT2D eigenvalue weighted by Crippen LogP contribution is 2.16. The minimum atomic E-state index is -0.328. The molecule has 5 nitrogen and oxygen atoms in total. The molecule has 0 unspecified atom stereocenters. The van der Waals surface area contributed by atoms with Gasteiger partial charge in [0.1, 0.15) is 0 Å². The van der Waals surface area contributed by atoms with Crippen LogP contribution < -0.4 is 5.32 Å². The average Bonchev–Trinajstić information content (AvgIpc) is 3.19. The minimum Gasteiger partial charge on any atom is -0.459 e. The van der Waals surface area contributed by atoms with Crippen LogP contribution in [0.5, 0.6) is 0 Å². The summed E-state index contributed by atoms with van der Waals surface area (Å²) in [5.74, 6) is -0.159. The van der Waals surface area contributed by atoms with E-state index in [0.29, 0.717) is 17.8 Å². The molecule has 0 fully saturated rings. The van der Waals surface area contributed by atoms with Crippen LogP contribution in [0.15, 0.2) is 65.3 Å². The van der Waals surface area contributed by atoms with Gasteiger partial charge in [-0.3, -0.25) is 9.59 Å². The molecule has 0 atom stereocenters. The summed E-state index contributed by atoms with van der Waals surface area (Å²) in [6.07, 6.45) is 1.45. The second kappa shape index (κ2) is 7.91. The van der Waals surface area contributed by atoms with Gasteiger partial charge in [-0.2, -0.15) is 0 Å². The second-order valence-corrected chi connectivity index (χ2v) is 6.60. The van der Waals surface area contributed by atoms with Crippen molar-refractivity contribution in [2.45, 2.75) is 20.4 Å². The van der Waals surface area contributed by atoms with Gasteiger partial charge in [0.2, 0.25) is 0 Å². The van der Waals surface area contributed by atoms with Crippen molar-refractivity contribution >= 4 is 17.5 Å². The number of rotatable bonds is 5. The largest absolute Gasteiger partial charge is 0.459 e. The predicted molar refractivity (Wildman–Crippen MR) is 105 cm³/mol. The van der Waals surface area contributed by atoms with Crippen molar-refractivity contribution in [1.82, 2.24) is 4.90 Å². The van der Waals surface area contributed by atoms with Gasteiger partial charge in [0.15, 0.2) is 5.76 Å². The SMILES string of the molecule is Cc1ccc(CN(C)C(=O)c2ccc(NC(=O)c3ccco3)cc2)c(C)c1. The quantitative estimate of drug-likeness (QED) is 0.731. The minimum absolute atomic E-state index is 0.0705. The van der Waals surface area contributed by atoms with E-state index in [2.05, 4.69) is 37.4 Å². The molecule has 0 saturated carbocycles. The Balaban J connectivity index is 1.65. The number of nitrogens with zero attached hydrogens (tertiary/aromatic N) is 1. The fraction of sp³-hybridized carbons (Fsp3) is 0.182. The lowest BCUT2D eigenvalue weighted by atomic mass is 10.1. The lowest BCUT2D eigenvalue weighted by Crippen LogP contribution is -2.26. The van der Waals surface area contributed by atoms with Gasteiger partial charge < -0.3 is 14.6 Å². The van der Waals surface area contributed by atoms with E-state index < -0.39 is 0 Å². The van der Waals surface area contributed by atoms with E-state index in [1.54, 1.807) is 48.3 Å². The van der Waals surface area contributed by atoms with Crippen molar-refractivity contribution in [3.63, 3.8) is 0 Å². The number of anilines is 1. The molecule has 0 saturated heterocycles. The number of carbonyl (C=O) groups is 2. The van der Waals surface area contributed by atoms with Crippen LogP contribution in [0.1, 0.15) is 37.6 Å². The van der Waals surface area contributed by atoms with Crippen LogP contribution in [0.25, 0.3) is 0 Å². The first-order valence-corrected chi connectivity index (χ1v) is 8.70. The van der Waals surface area contributed by atoms with Crippen molar-refractivity contribution in [3.05, 3.63) is 88.9 Å². The van der Waals surface area contributed by atoms with Crippen molar-refractivity contribution in [3.8, 4) is 0 Å². The van der Waals surface area contributed by atoms with Gasteiger partial charge in [0, 0.05) is 24.8 Å². The fourth-order valence-corrected chi connectivity index (χ4v) is 2.87. The Morgan fingerprint density at radius 1 is 1.04 bits per heavy atom. The normalized spacial score (nSPS) is 10.5. The molecule has 0 radical (unpaired) electrons. The topological polar surface area (TPSA) is 62.6 Å². The third-order valence-corrected chi connectivity index (χ3v) is 4.39. The molecule has 27 heavy (non-hydrogen) atoms. The van der Waals surface area contributed by atoms with E-state index in [1.807, 2.05) is 0 Å². The molecule has 2 aromatic carbocycles. The first kappa shape index (κ1) is 18.5. The van der Waals surface area contributed by atoms with Crippen LogP contribution in [-0.4, -0.2) is 23.8 Å². The summed E-state index contributed by atoms with van der Waals surface area (Å²) < 4.78 is 5.06. The molecule has 2 amide bonds. The van der Waals surface area contributed by atoms with Crippen LogP contribution in [0, 0.1) is 13.8 Å². The van der Waals surface area contributed by atoms with Gasteiger partial charge >= 0.3 is 0 Å². The summed E-state index contributed by atoms with van der Waals surface area (Å²) >= 11 is 0.